The van der Waals surface area contributed by atoms with Crippen molar-refractivity contribution in [1.82, 2.24) is 0 Å². The number of fused-ring (bicyclic) bond motifs is 3. The van der Waals surface area contributed by atoms with Crippen molar-refractivity contribution in [3.05, 3.63) is 174 Å². The highest BCUT2D eigenvalue weighted by atomic mass is 79.9. The average molecular weight is 688 g/mol. The SMILES string of the molecule is CN(c1ccccc1)c1cc(N(c2ccccc2)c2ccccc2-c2ccccc2Br)ccc1-c1ccc2c(c1)sc1ccccc12. The van der Waals surface area contributed by atoms with Crippen molar-refractivity contribution in [2.45, 2.75) is 0 Å². The standard InChI is InChI=1S/C43H31BrN2S/c1-45(31-14-4-2-5-15-31)41-29-33(25-27-34(41)30-24-26-38-37-20-10-13-23-42(37)47-43(38)28-30)46(32-16-6-3-7-17-32)40-22-12-9-19-36(40)35-18-8-11-21-39(35)44/h2-29H,1H3. The number of benzene rings is 7. The Morgan fingerprint density at radius 2 is 1.09 bits per heavy atom. The summed E-state index contributed by atoms with van der Waals surface area (Å²) in [7, 11) is 2.16. The summed E-state index contributed by atoms with van der Waals surface area (Å²) in [5.41, 5.74) is 10.3. The lowest BCUT2D eigenvalue weighted by atomic mass is 9.98. The van der Waals surface area contributed by atoms with Crippen LogP contribution in [0, 0.1) is 0 Å². The molecule has 0 fully saturated rings. The smallest absolute Gasteiger partial charge is 0.0540 e. The second-order valence-electron chi connectivity index (χ2n) is 11.6. The Kier molecular flexibility index (Phi) is 7.82. The largest absolute Gasteiger partial charge is 0.344 e. The van der Waals surface area contributed by atoms with Crippen molar-refractivity contribution < 1.29 is 0 Å². The van der Waals surface area contributed by atoms with Gasteiger partial charge in [0.2, 0.25) is 0 Å². The molecule has 0 aliphatic carbocycles. The molecule has 8 aromatic rings. The van der Waals surface area contributed by atoms with Crippen LogP contribution in [0.15, 0.2) is 174 Å². The normalized spacial score (nSPS) is 11.2. The first kappa shape index (κ1) is 29.3. The van der Waals surface area contributed by atoms with Gasteiger partial charge in [0.05, 0.1) is 11.4 Å². The second kappa shape index (κ2) is 12.6. The van der Waals surface area contributed by atoms with Crippen molar-refractivity contribution in [3.63, 3.8) is 0 Å². The fourth-order valence-electron chi connectivity index (χ4n) is 6.45. The van der Waals surface area contributed by atoms with E-state index < -0.39 is 0 Å². The maximum Gasteiger partial charge on any atom is 0.0540 e. The predicted molar refractivity (Wildman–Crippen MR) is 207 cm³/mol. The van der Waals surface area contributed by atoms with Crippen LogP contribution in [0.25, 0.3) is 42.4 Å². The molecule has 0 atom stereocenters. The molecule has 1 aromatic heterocycles. The van der Waals surface area contributed by atoms with E-state index in [1.54, 1.807) is 0 Å². The molecule has 0 bridgehead atoms. The molecule has 0 amide bonds. The van der Waals surface area contributed by atoms with E-state index in [1.165, 1.54) is 31.3 Å². The molecule has 1 heterocycles. The monoisotopic (exact) mass is 686 g/mol. The van der Waals surface area contributed by atoms with Crippen LogP contribution in [0.2, 0.25) is 0 Å². The molecule has 0 aliphatic heterocycles. The van der Waals surface area contributed by atoms with Gasteiger partial charge in [0.25, 0.3) is 0 Å². The van der Waals surface area contributed by atoms with Crippen LogP contribution in [0.3, 0.4) is 0 Å². The van der Waals surface area contributed by atoms with Gasteiger partial charge >= 0.3 is 0 Å². The van der Waals surface area contributed by atoms with Crippen LogP contribution in [0.4, 0.5) is 28.4 Å². The number of rotatable bonds is 7. The predicted octanol–water partition coefficient (Wildman–Crippen LogP) is 13.4. The molecule has 0 saturated heterocycles. The van der Waals surface area contributed by atoms with Gasteiger partial charge in [-0.3, -0.25) is 0 Å². The highest BCUT2D eigenvalue weighted by Gasteiger charge is 2.21. The van der Waals surface area contributed by atoms with Crippen molar-refractivity contribution in [1.29, 1.82) is 0 Å². The van der Waals surface area contributed by atoms with Crippen LogP contribution in [-0.2, 0) is 0 Å². The van der Waals surface area contributed by atoms with Gasteiger partial charge < -0.3 is 9.80 Å². The first-order valence-electron chi connectivity index (χ1n) is 15.7. The Bertz CT molecular complexity index is 2350. The zero-order valence-corrected chi connectivity index (χ0v) is 28.2. The van der Waals surface area contributed by atoms with Gasteiger partial charge in [-0.15, -0.1) is 11.3 Å². The van der Waals surface area contributed by atoms with E-state index in [-0.39, 0.29) is 0 Å². The van der Waals surface area contributed by atoms with E-state index in [2.05, 4.69) is 203 Å². The van der Waals surface area contributed by atoms with E-state index >= 15 is 0 Å². The van der Waals surface area contributed by atoms with Gasteiger partial charge in [-0.1, -0.05) is 125 Å². The van der Waals surface area contributed by atoms with E-state index in [1.807, 2.05) is 11.3 Å². The zero-order chi connectivity index (χ0) is 31.7. The summed E-state index contributed by atoms with van der Waals surface area (Å²) >= 11 is 5.68. The number of hydrogen-bond acceptors (Lipinski definition) is 3. The minimum absolute atomic E-state index is 1.07. The molecule has 4 heteroatoms. The fraction of sp³-hybridized carbons (Fsp3) is 0.0233. The van der Waals surface area contributed by atoms with E-state index in [0.29, 0.717) is 0 Å². The third kappa shape index (κ3) is 5.50. The highest BCUT2D eigenvalue weighted by molar-refractivity contribution is 9.10. The molecular weight excluding hydrogens is 656 g/mol. The van der Waals surface area contributed by atoms with Gasteiger partial charge in [0, 0.05) is 59.9 Å². The molecule has 8 rings (SSSR count). The molecule has 0 aliphatic rings. The third-order valence-corrected chi connectivity index (χ3v) is 10.6. The van der Waals surface area contributed by atoms with Crippen molar-refractivity contribution in [2.75, 3.05) is 16.8 Å². The summed E-state index contributed by atoms with van der Waals surface area (Å²) in [4.78, 5) is 4.67. The van der Waals surface area contributed by atoms with Crippen molar-refractivity contribution in [3.8, 4) is 22.3 Å². The molecule has 0 spiro atoms. The molecule has 226 valence electrons. The van der Waals surface area contributed by atoms with Crippen LogP contribution < -0.4 is 9.80 Å². The van der Waals surface area contributed by atoms with E-state index in [9.17, 15) is 0 Å². The molecule has 7 aromatic carbocycles. The third-order valence-electron chi connectivity index (χ3n) is 8.76. The lowest BCUT2D eigenvalue weighted by Gasteiger charge is -2.30. The maximum atomic E-state index is 3.82. The van der Waals surface area contributed by atoms with Crippen LogP contribution in [-0.4, -0.2) is 7.05 Å². The van der Waals surface area contributed by atoms with E-state index in [0.717, 1.165) is 44.0 Å². The minimum Gasteiger partial charge on any atom is -0.344 e. The summed E-state index contributed by atoms with van der Waals surface area (Å²) in [5.74, 6) is 0. The van der Waals surface area contributed by atoms with Crippen LogP contribution in [0.5, 0.6) is 0 Å². The number of hydrogen-bond donors (Lipinski definition) is 0. The first-order valence-corrected chi connectivity index (χ1v) is 17.3. The Morgan fingerprint density at radius 1 is 0.447 bits per heavy atom. The van der Waals surface area contributed by atoms with Gasteiger partial charge in [-0.25, -0.2) is 0 Å². The first-order chi connectivity index (χ1) is 23.2. The van der Waals surface area contributed by atoms with Crippen LogP contribution in [0.1, 0.15) is 0 Å². The summed E-state index contributed by atoms with van der Waals surface area (Å²) in [6.07, 6.45) is 0. The Labute approximate surface area is 287 Å². The second-order valence-corrected chi connectivity index (χ2v) is 13.5. The summed E-state index contributed by atoms with van der Waals surface area (Å²) in [6, 6.07) is 60.8. The quantitative estimate of drug-likeness (QED) is 0.165. The molecule has 47 heavy (non-hydrogen) atoms. The number of anilines is 5. The lowest BCUT2D eigenvalue weighted by Crippen LogP contribution is -2.14. The van der Waals surface area contributed by atoms with Gasteiger partial charge in [-0.05, 0) is 71.8 Å². The molecule has 0 N–H and O–H groups in total. The summed E-state index contributed by atoms with van der Waals surface area (Å²) in [5, 5.41) is 2.63. The molecule has 2 nitrogen and oxygen atoms in total. The van der Waals surface area contributed by atoms with Crippen LogP contribution >= 0.6 is 27.3 Å². The van der Waals surface area contributed by atoms with Crippen molar-refractivity contribution >= 4 is 75.9 Å². The summed E-state index contributed by atoms with van der Waals surface area (Å²) < 4.78 is 3.69. The zero-order valence-electron chi connectivity index (χ0n) is 25.8. The number of thiophene rings is 1. The molecule has 0 radical (unpaired) electrons. The fourth-order valence-corrected chi connectivity index (χ4v) is 8.09. The minimum atomic E-state index is 1.07. The number of para-hydroxylation sites is 3. The van der Waals surface area contributed by atoms with Gasteiger partial charge in [-0.2, -0.15) is 0 Å². The Hall–Kier alpha value is -5.16. The van der Waals surface area contributed by atoms with Crippen molar-refractivity contribution in [2.24, 2.45) is 0 Å². The summed E-state index contributed by atoms with van der Waals surface area (Å²) in [6.45, 7) is 0. The number of halogens is 1. The Balaban J connectivity index is 1.34. The van der Waals surface area contributed by atoms with E-state index in [4.69, 9.17) is 0 Å². The highest BCUT2D eigenvalue weighted by Crippen LogP contribution is 2.46. The number of nitrogens with zero attached hydrogens (tertiary/aromatic N) is 2. The molecular formula is C43H31BrN2S. The van der Waals surface area contributed by atoms with Gasteiger partial charge in [0.1, 0.15) is 0 Å². The average Bonchev–Trinajstić information content (AvgIpc) is 3.51. The Morgan fingerprint density at radius 3 is 1.87 bits per heavy atom. The van der Waals surface area contributed by atoms with Gasteiger partial charge in [0.15, 0.2) is 0 Å². The maximum absolute atomic E-state index is 3.82. The molecule has 0 unspecified atom stereocenters. The molecule has 0 saturated carbocycles. The lowest BCUT2D eigenvalue weighted by molar-refractivity contribution is 1.20. The topological polar surface area (TPSA) is 6.48 Å².